The first-order chi connectivity index (χ1) is 22.8. The predicted molar refractivity (Wildman–Crippen MR) is 185 cm³/mol. The van der Waals surface area contributed by atoms with Crippen LogP contribution in [0.1, 0.15) is 56.7 Å². The lowest BCUT2D eigenvalue weighted by atomic mass is 9.91. The van der Waals surface area contributed by atoms with Crippen LogP contribution in [0.3, 0.4) is 0 Å². The second-order valence-corrected chi connectivity index (χ2v) is 12.4. The van der Waals surface area contributed by atoms with Crippen LogP contribution in [0.4, 0.5) is 0 Å². The van der Waals surface area contributed by atoms with Crippen LogP contribution in [0.15, 0.2) is 91.0 Å². The van der Waals surface area contributed by atoms with Gasteiger partial charge in [0, 0.05) is 39.8 Å². The molecule has 6 atom stereocenters. The number of nitrogens with one attached hydrogen (secondary N) is 2. The number of carbonyl (C=O) groups excluding carboxylic acids is 4. The number of carboxylic acids is 1. The Morgan fingerprint density at radius 2 is 1.10 bits per heavy atom. The Bertz CT molecular complexity index is 1520. The van der Waals surface area contributed by atoms with Crippen LogP contribution in [-0.4, -0.2) is 82.8 Å². The highest BCUT2D eigenvalue weighted by Crippen LogP contribution is 2.23. The Kier molecular flexibility index (Phi) is 13.9. The molecule has 0 saturated heterocycles. The third-order valence-corrected chi connectivity index (χ3v) is 8.99. The molecule has 0 spiro atoms. The molecule has 0 aromatic heterocycles. The van der Waals surface area contributed by atoms with E-state index in [-0.39, 0.29) is 24.7 Å². The topological polar surface area (TPSA) is 136 Å². The molecule has 0 heterocycles. The molecule has 0 saturated carbocycles. The Morgan fingerprint density at radius 3 is 1.56 bits per heavy atom. The Hall–Kier alpha value is -4.99. The maximum absolute atomic E-state index is 14.4. The Balaban J connectivity index is 2.02. The monoisotopic (exact) mass is 656 g/mol. The molecule has 48 heavy (non-hydrogen) atoms. The van der Waals surface area contributed by atoms with Crippen molar-refractivity contribution in [3.63, 3.8) is 0 Å². The van der Waals surface area contributed by atoms with E-state index in [1.165, 1.54) is 30.8 Å². The van der Waals surface area contributed by atoms with E-state index < -0.39 is 53.8 Å². The lowest BCUT2D eigenvalue weighted by Crippen LogP contribution is -2.60. The lowest BCUT2D eigenvalue weighted by Gasteiger charge is -2.36. The van der Waals surface area contributed by atoms with Gasteiger partial charge in [0.15, 0.2) is 0 Å². The standard InChI is InChI=1S/C38H48N4O6/c1-7-25(2)33(39-27(4)43)36(45)41(5)31(23-28-17-11-8-12-18-28)35(44)40-34(26(3)30-21-15-10-16-22-30)37(46)42(6)32(38(47)48)24-29-19-13-9-14-20-29/h8-22,25-26,31-34H,7,23-24H2,1-6H3,(H,39,43)(H,40,44)(H,47,48)/t25-,26-,31-,32-,33-,34-/m0/s1. The van der Waals surface area contributed by atoms with E-state index in [1.54, 1.807) is 31.2 Å². The summed E-state index contributed by atoms with van der Waals surface area (Å²) in [6, 6.07) is 23.2. The van der Waals surface area contributed by atoms with Crippen LogP contribution in [0.5, 0.6) is 0 Å². The predicted octanol–water partition coefficient (Wildman–Crippen LogP) is 4.05. The first kappa shape index (κ1) is 37.5. The van der Waals surface area contributed by atoms with Crippen LogP contribution in [0.2, 0.25) is 0 Å². The van der Waals surface area contributed by atoms with Gasteiger partial charge in [-0.05, 0) is 22.6 Å². The number of likely N-dealkylation sites (N-methyl/N-ethyl adjacent to an activating group) is 2. The van der Waals surface area contributed by atoms with E-state index in [1.807, 2.05) is 80.6 Å². The minimum atomic E-state index is -1.19. The highest BCUT2D eigenvalue weighted by molar-refractivity contribution is 5.95. The third kappa shape index (κ3) is 10.0. The molecule has 0 aliphatic rings. The minimum Gasteiger partial charge on any atom is -0.480 e. The van der Waals surface area contributed by atoms with E-state index in [4.69, 9.17) is 0 Å². The molecule has 0 radical (unpaired) electrons. The molecule has 0 bridgehead atoms. The molecule has 3 rings (SSSR count). The maximum Gasteiger partial charge on any atom is 0.326 e. The average Bonchev–Trinajstić information content (AvgIpc) is 3.09. The van der Waals surface area contributed by atoms with Gasteiger partial charge in [-0.1, -0.05) is 118 Å². The summed E-state index contributed by atoms with van der Waals surface area (Å²) in [5.41, 5.74) is 2.31. The molecule has 0 aliphatic carbocycles. The quantitative estimate of drug-likeness (QED) is 0.213. The first-order valence-electron chi connectivity index (χ1n) is 16.3. The smallest absolute Gasteiger partial charge is 0.326 e. The van der Waals surface area contributed by atoms with Gasteiger partial charge in [-0.2, -0.15) is 0 Å². The van der Waals surface area contributed by atoms with Crippen LogP contribution >= 0.6 is 0 Å². The molecule has 10 heteroatoms. The van der Waals surface area contributed by atoms with E-state index in [0.717, 1.165) is 16.7 Å². The summed E-state index contributed by atoms with van der Waals surface area (Å²) in [5.74, 6) is -3.88. The van der Waals surface area contributed by atoms with Crippen molar-refractivity contribution >= 4 is 29.6 Å². The maximum atomic E-state index is 14.4. The van der Waals surface area contributed by atoms with Gasteiger partial charge in [-0.3, -0.25) is 19.2 Å². The minimum absolute atomic E-state index is 0.0762. The number of carbonyl (C=O) groups is 5. The normalized spacial score (nSPS) is 14.7. The first-order valence-corrected chi connectivity index (χ1v) is 16.3. The van der Waals surface area contributed by atoms with Gasteiger partial charge in [0.2, 0.25) is 23.6 Å². The van der Waals surface area contributed by atoms with Gasteiger partial charge in [0.25, 0.3) is 0 Å². The van der Waals surface area contributed by atoms with Crippen molar-refractivity contribution in [3.05, 3.63) is 108 Å². The molecular formula is C38H48N4O6. The van der Waals surface area contributed by atoms with E-state index in [2.05, 4.69) is 10.6 Å². The zero-order valence-corrected chi connectivity index (χ0v) is 28.6. The number of hydrogen-bond donors (Lipinski definition) is 3. The second kappa shape index (κ2) is 17.8. The number of benzene rings is 3. The van der Waals surface area contributed by atoms with Crippen molar-refractivity contribution in [2.75, 3.05) is 14.1 Å². The highest BCUT2D eigenvalue weighted by atomic mass is 16.4. The molecule has 256 valence electrons. The number of amides is 4. The molecular weight excluding hydrogens is 608 g/mol. The average molecular weight is 657 g/mol. The molecule has 4 amide bonds. The van der Waals surface area contributed by atoms with Crippen LogP contribution in [-0.2, 0) is 36.8 Å². The van der Waals surface area contributed by atoms with Crippen molar-refractivity contribution < 1.29 is 29.1 Å². The summed E-state index contributed by atoms with van der Waals surface area (Å²) in [4.78, 5) is 69.6. The third-order valence-electron chi connectivity index (χ3n) is 8.99. The van der Waals surface area contributed by atoms with Gasteiger partial charge in [-0.15, -0.1) is 0 Å². The molecule has 0 fully saturated rings. The molecule has 10 nitrogen and oxygen atoms in total. The van der Waals surface area contributed by atoms with Gasteiger partial charge in [0.05, 0.1) is 0 Å². The van der Waals surface area contributed by atoms with E-state index in [9.17, 15) is 29.1 Å². The largest absolute Gasteiger partial charge is 0.480 e. The number of hydrogen-bond acceptors (Lipinski definition) is 5. The summed E-state index contributed by atoms with van der Waals surface area (Å²) in [5, 5.41) is 15.9. The van der Waals surface area contributed by atoms with Crippen LogP contribution in [0.25, 0.3) is 0 Å². The van der Waals surface area contributed by atoms with Crippen molar-refractivity contribution in [1.29, 1.82) is 0 Å². The molecule has 3 N–H and O–H groups in total. The van der Waals surface area contributed by atoms with Gasteiger partial charge in [0.1, 0.15) is 24.2 Å². The molecule has 3 aromatic carbocycles. The summed E-state index contributed by atoms with van der Waals surface area (Å²) in [6.45, 7) is 6.92. The van der Waals surface area contributed by atoms with Crippen LogP contribution < -0.4 is 10.6 Å². The fraction of sp³-hybridized carbons (Fsp3) is 0.395. The van der Waals surface area contributed by atoms with Crippen molar-refractivity contribution in [2.45, 2.75) is 77.0 Å². The summed E-state index contributed by atoms with van der Waals surface area (Å²) in [6.07, 6.45) is 0.836. The second-order valence-electron chi connectivity index (χ2n) is 12.4. The zero-order chi connectivity index (χ0) is 35.4. The Morgan fingerprint density at radius 1 is 0.667 bits per heavy atom. The number of rotatable bonds is 16. The molecule has 0 aliphatic heterocycles. The number of aliphatic carboxylic acids is 1. The lowest BCUT2D eigenvalue weighted by molar-refractivity contribution is -0.151. The summed E-state index contributed by atoms with van der Waals surface area (Å²) < 4.78 is 0. The zero-order valence-electron chi connectivity index (χ0n) is 28.6. The van der Waals surface area contributed by atoms with E-state index in [0.29, 0.717) is 6.42 Å². The summed E-state index contributed by atoms with van der Waals surface area (Å²) >= 11 is 0. The fourth-order valence-electron chi connectivity index (χ4n) is 5.72. The fourth-order valence-corrected chi connectivity index (χ4v) is 5.72. The van der Waals surface area contributed by atoms with Gasteiger partial charge < -0.3 is 25.5 Å². The molecule has 0 unspecified atom stereocenters. The van der Waals surface area contributed by atoms with Gasteiger partial charge in [-0.25, -0.2) is 4.79 Å². The molecule has 3 aromatic rings. The highest BCUT2D eigenvalue weighted by Gasteiger charge is 2.39. The number of carboxylic acid groups (broad SMARTS) is 1. The van der Waals surface area contributed by atoms with Crippen molar-refractivity contribution in [1.82, 2.24) is 20.4 Å². The summed E-state index contributed by atoms with van der Waals surface area (Å²) in [7, 11) is 2.96. The Labute approximate surface area is 283 Å². The van der Waals surface area contributed by atoms with Crippen molar-refractivity contribution in [2.24, 2.45) is 5.92 Å². The van der Waals surface area contributed by atoms with Gasteiger partial charge >= 0.3 is 5.97 Å². The SMILES string of the molecule is CC[C@H](C)[C@H](NC(C)=O)C(=O)N(C)[C@@H](Cc1ccccc1)C(=O)N[C@H](C(=O)N(C)[C@@H](Cc1ccccc1)C(=O)O)[C@@H](C)c1ccccc1. The number of nitrogens with zero attached hydrogens (tertiary/aromatic N) is 2. The van der Waals surface area contributed by atoms with Crippen LogP contribution in [0, 0.1) is 5.92 Å². The van der Waals surface area contributed by atoms with Crippen molar-refractivity contribution in [3.8, 4) is 0 Å². The van der Waals surface area contributed by atoms with E-state index >= 15 is 0 Å².